The fourth-order valence-corrected chi connectivity index (χ4v) is 4.80. The van der Waals surface area contributed by atoms with Crippen LogP contribution in [0.4, 0.5) is 5.69 Å². The van der Waals surface area contributed by atoms with Gasteiger partial charge in [-0.3, -0.25) is 4.72 Å². The van der Waals surface area contributed by atoms with Gasteiger partial charge >= 0.3 is 0 Å². The van der Waals surface area contributed by atoms with Gasteiger partial charge in [0.25, 0.3) is 10.0 Å². The van der Waals surface area contributed by atoms with Gasteiger partial charge in [0.2, 0.25) is 0 Å². The molecule has 1 aromatic heterocycles. The largest absolute Gasteiger partial charge is 0.326 e. The molecule has 0 unspecified atom stereocenters. The molecule has 1 aromatic carbocycles. The molecule has 0 aliphatic rings. The second-order valence-electron chi connectivity index (χ2n) is 3.77. The third-order valence-electron chi connectivity index (χ3n) is 2.35. The number of halogens is 3. The average Bonchev–Trinajstić information content (AvgIpc) is 2.83. The van der Waals surface area contributed by atoms with E-state index in [0.29, 0.717) is 5.02 Å². The molecule has 3 N–H and O–H groups in total. The zero-order valence-electron chi connectivity index (χ0n) is 9.86. The molecule has 0 aliphatic heterocycles. The highest BCUT2D eigenvalue weighted by Crippen LogP contribution is 2.35. The molecular weight excluding hydrogens is 363 g/mol. The normalized spacial score (nSPS) is 11.6. The van der Waals surface area contributed by atoms with E-state index in [0.717, 1.165) is 16.2 Å². The molecule has 4 nitrogen and oxygen atoms in total. The van der Waals surface area contributed by atoms with Crippen molar-refractivity contribution < 1.29 is 8.42 Å². The summed E-state index contributed by atoms with van der Waals surface area (Å²) in [6.45, 7) is 0.280. The van der Waals surface area contributed by atoms with E-state index in [4.69, 9.17) is 40.5 Å². The lowest BCUT2D eigenvalue weighted by molar-refractivity contribution is 0.603. The summed E-state index contributed by atoms with van der Waals surface area (Å²) in [7, 11) is -3.76. The number of hydrogen-bond acceptors (Lipinski definition) is 4. The molecule has 0 aliphatic carbocycles. The molecule has 0 fully saturated rings. The van der Waals surface area contributed by atoms with Crippen molar-refractivity contribution in [2.45, 2.75) is 10.8 Å². The van der Waals surface area contributed by atoms with Gasteiger partial charge in [0.15, 0.2) is 0 Å². The highest BCUT2D eigenvalue weighted by molar-refractivity contribution is 7.94. The van der Waals surface area contributed by atoms with Gasteiger partial charge in [0.1, 0.15) is 4.21 Å². The Bertz CT molecular complexity index is 721. The fraction of sp³-hybridized carbons (Fsp3) is 0.0909. The number of benzene rings is 1. The monoisotopic (exact) mass is 370 g/mol. The van der Waals surface area contributed by atoms with Crippen LogP contribution in [-0.2, 0) is 16.6 Å². The van der Waals surface area contributed by atoms with Crippen LogP contribution in [0.5, 0.6) is 0 Å². The average molecular weight is 372 g/mol. The molecule has 0 bridgehead atoms. The predicted octanol–water partition coefficient (Wildman–Crippen LogP) is 3.97. The van der Waals surface area contributed by atoms with Crippen molar-refractivity contribution in [2.75, 3.05) is 4.72 Å². The van der Waals surface area contributed by atoms with Gasteiger partial charge < -0.3 is 5.73 Å². The van der Waals surface area contributed by atoms with Gasteiger partial charge in [-0.15, -0.1) is 11.3 Å². The first-order valence-corrected chi connectivity index (χ1v) is 8.73. The lowest BCUT2D eigenvalue weighted by atomic mass is 10.3. The Hall–Kier alpha value is -0.500. The van der Waals surface area contributed by atoms with Crippen LogP contribution < -0.4 is 10.5 Å². The van der Waals surface area contributed by atoms with Crippen LogP contribution >= 0.6 is 46.1 Å². The first-order chi connectivity index (χ1) is 9.33. The first-order valence-electron chi connectivity index (χ1n) is 5.29. The third-order valence-corrected chi connectivity index (χ3v) is 6.11. The molecule has 0 atom stereocenters. The van der Waals surface area contributed by atoms with Gasteiger partial charge in [-0.2, -0.15) is 0 Å². The molecule has 0 spiro atoms. The fourth-order valence-electron chi connectivity index (χ4n) is 1.44. The van der Waals surface area contributed by atoms with Crippen molar-refractivity contribution in [1.82, 2.24) is 0 Å². The van der Waals surface area contributed by atoms with Crippen molar-refractivity contribution in [3.05, 3.63) is 44.2 Å². The lowest BCUT2D eigenvalue weighted by Crippen LogP contribution is -2.12. The molecule has 0 saturated heterocycles. The highest BCUT2D eigenvalue weighted by Gasteiger charge is 2.20. The molecule has 0 radical (unpaired) electrons. The Kier molecular flexibility index (Phi) is 4.84. The van der Waals surface area contributed by atoms with E-state index in [1.807, 2.05) is 0 Å². The van der Waals surface area contributed by atoms with Gasteiger partial charge in [-0.05, 0) is 24.3 Å². The minimum atomic E-state index is -3.76. The zero-order chi connectivity index (χ0) is 14.9. The molecule has 9 heteroatoms. The summed E-state index contributed by atoms with van der Waals surface area (Å²) in [6, 6.07) is 5.95. The Morgan fingerprint density at radius 2 is 1.75 bits per heavy atom. The van der Waals surface area contributed by atoms with E-state index < -0.39 is 10.0 Å². The van der Waals surface area contributed by atoms with E-state index in [1.54, 1.807) is 6.07 Å². The topological polar surface area (TPSA) is 72.2 Å². The SMILES string of the molecule is NCc1ccc(S(=O)(=O)Nc2c(Cl)cc(Cl)cc2Cl)s1. The molecule has 2 rings (SSSR count). The quantitative estimate of drug-likeness (QED) is 0.854. The number of nitrogens with one attached hydrogen (secondary N) is 1. The van der Waals surface area contributed by atoms with Gasteiger partial charge in [-0.25, -0.2) is 8.42 Å². The summed E-state index contributed by atoms with van der Waals surface area (Å²) in [5, 5.41) is 0.577. The van der Waals surface area contributed by atoms with Gasteiger partial charge in [-0.1, -0.05) is 34.8 Å². The highest BCUT2D eigenvalue weighted by atomic mass is 35.5. The summed E-state index contributed by atoms with van der Waals surface area (Å²) >= 11 is 18.8. The van der Waals surface area contributed by atoms with E-state index in [2.05, 4.69) is 4.72 Å². The van der Waals surface area contributed by atoms with E-state index in [-0.39, 0.29) is 26.5 Å². The number of thiophene rings is 1. The van der Waals surface area contributed by atoms with Gasteiger partial charge in [0, 0.05) is 16.4 Å². The lowest BCUT2D eigenvalue weighted by Gasteiger charge is -2.10. The predicted molar refractivity (Wildman–Crippen MR) is 84.5 cm³/mol. The van der Waals surface area contributed by atoms with Crippen LogP contribution in [0.2, 0.25) is 15.1 Å². The molecule has 0 saturated carbocycles. The maximum absolute atomic E-state index is 12.2. The van der Waals surface area contributed by atoms with Crippen LogP contribution in [0.1, 0.15) is 4.88 Å². The molecule has 108 valence electrons. The van der Waals surface area contributed by atoms with Crippen molar-refractivity contribution in [3.8, 4) is 0 Å². The van der Waals surface area contributed by atoms with Crippen LogP contribution in [0.25, 0.3) is 0 Å². The summed E-state index contributed by atoms with van der Waals surface area (Å²) in [4.78, 5) is 0.763. The van der Waals surface area contributed by atoms with E-state index >= 15 is 0 Å². The maximum atomic E-state index is 12.2. The van der Waals surface area contributed by atoms with Crippen LogP contribution in [-0.4, -0.2) is 8.42 Å². The molecule has 2 aromatic rings. The van der Waals surface area contributed by atoms with Crippen molar-refractivity contribution in [2.24, 2.45) is 5.73 Å². The zero-order valence-corrected chi connectivity index (χ0v) is 13.8. The summed E-state index contributed by atoms with van der Waals surface area (Å²) in [5.74, 6) is 0. The number of sulfonamides is 1. The molecule has 1 heterocycles. The molecule has 20 heavy (non-hydrogen) atoms. The standard InChI is InChI=1S/C11H9Cl3N2O2S2/c12-6-3-8(13)11(9(14)4-6)16-20(17,18)10-2-1-7(5-15)19-10/h1-4,16H,5,15H2. The summed E-state index contributed by atoms with van der Waals surface area (Å²) < 4.78 is 27.0. The van der Waals surface area contributed by atoms with Crippen molar-refractivity contribution in [3.63, 3.8) is 0 Å². The molecular formula is C11H9Cl3N2O2S2. The minimum Gasteiger partial charge on any atom is -0.326 e. The van der Waals surface area contributed by atoms with Gasteiger partial charge in [0.05, 0.1) is 15.7 Å². The third kappa shape index (κ3) is 3.39. The Morgan fingerprint density at radius 3 is 2.25 bits per heavy atom. The summed E-state index contributed by atoms with van der Waals surface area (Å²) in [5.41, 5.74) is 5.56. The summed E-state index contributed by atoms with van der Waals surface area (Å²) in [6.07, 6.45) is 0. The Labute approximate surface area is 135 Å². The Morgan fingerprint density at radius 1 is 1.15 bits per heavy atom. The Balaban J connectivity index is 2.38. The number of anilines is 1. The minimum absolute atomic E-state index is 0.0976. The van der Waals surface area contributed by atoms with Crippen LogP contribution in [0.15, 0.2) is 28.5 Å². The van der Waals surface area contributed by atoms with Crippen molar-refractivity contribution >= 4 is 61.9 Å². The van der Waals surface area contributed by atoms with Crippen molar-refractivity contribution in [1.29, 1.82) is 0 Å². The number of rotatable bonds is 4. The van der Waals surface area contributed by atoms with E-state index in [9.17, 15) is 8.42 Å². The number of nitrogens with two attached hydrogens (primary N) is 1. The van der Waals surface area contributed by atoms with Crippen LogP contribution in [0, 0.1) is 0 Å². The number of hydrogen-bond donors (Lipinski definition) is 2. The second-order valence-corrected chi connectivity index (χ2v) is 8.10. The maximum Gasteiger partial charge on any atom is 0.271 e. The smallest absolute Gasteiger partial charge is 0.271 e. The van der Waals surface area contributed by atoms with Crippen LogP contribution in [0.3, 0.4) is 0 Å². The van der Waals surface area contributed by atoms with E-state index in [1.165, 1.54) is 18.2 Å². The first kappa shape index (κ1) is 15.9. The molecule has 0 amide bonds. The second kappa shape index (κ2) is 6.09.